The molecule has 3 aromatic carbocycles. The van der Waals surface area contributed by atoms with Gasteiger partial charge in [-0.2, -0.15) is 0 Å². The zero-order valence-electron chi connectivity index (χ0n) is 15.1. The summed E-state index contributed by atoms with van der Waals surface area (Å²) in [7, 11) is 0. The molecule has 0 spiro atoms. The van der Waals surface area contributed by atoms with Crippen molar-refractivity contribution in [2.75, 3.05) is 0 Å². The molecule has 0 aromatic heterocycles. The smallest absolute Gasteiger partial charge is 0.343 e. The fraction of sp³-hybridized carbons (Fsp3) is 0.174. The van der Waals surface area contributed by atoms with Crippen molar-refractivity contribution >= 4 is 21.9 Å². The normalized spacial score (nSPS) is 11.2. The summed E-state index contributed by atoms with van der Waals surface area (Å²) in [6.45, 7) is 6.44. The second-order valence-corrected chi connectivity index (χ2v) is 8.08. The van der Waals surface area contributed by atoms with Gasteiger partial charge in [0.05, 0.1) is 10.0 Å². The molecule has 0 heterocycles. The van der Waals surface area contributed by atoms with Crippen molar-refractivity contribution in [2.45, 2.75) is 26.2 Å². The van der Waals surface area contributed by atoms with E-state index in [0.29, 0.717) is 11.3 Å². The number of hydrogen-bond acceptors (Lipinski definition) is 2. The first kappa shape index (κ1) is 18.4. The molecule has 0 amide bonds. The molecule has 0 unspecified atom stereocenters. The standard InChI is InChI=1S/C23H21BrO2/c1-23(2,3)19-13-14-21(20(24)15-19)26-22(25)18-11-9-17(10-12-18)16-7-5-4-6-8-16/h4-15H,1-3H3. The van der Waals surface area contributed by atoms with Gasteiger partial charge in [0, 0.05) is 0 Å². The van der Waals surface area contributed by atoms with Crippen LogP contribution in [0, 0.1) is 0 Å². The SMILES string of the molecule is CC(C)(C)c1ccc(OC(=O)c2ccc(-c3ccccc3)cc2)c(Br)c1. The molecule has 0 saturated heterocycles. The fourth-order valence-corrected chi connectivity index (χ4v) is 3.10. The van der Waals surface area contributed by atoms with Crippen molar-refractivity contribution in [1.82, 2.24) is 0 Å². The lowest BCUT2D eigenvalue weighted by atomic mass is 9.87. The lowest BCUT2D eigenvalue weighted by molar-refractivity contribution is 0.0733. The van der Waals surface area contributed by atoms with Crippen LogP contribution in [0.15, 0.2) is 77.3 Å². The minimum absolute atomic E-state index is 0.0400. The predicted octanol–water partition coefficient (Wildman–Crippen LogP) is 6.63. The molecule has 0 fully saturated rings. The summed E-state index contributed by atoms with van der Waals surface area (Å²) in [6.07, 6.45) is 0. The summed E-state index contributed by atoms with van der Waals surface area (Å²) in [4.78, 5) is 12.5. The molecule has 0 N–H and O–H groups in total. The van der Waals surface area contributed by atoms with Crippen LogP contribution in [0.25, 0.3) is 11.1 Å². The van der Waals surface area contributed by atoms with E-state index in [1.165, 1.54) is 5.56 Å². The first-order chi connectivity index (χ1) is 12.3. The molecule has 3 aromatic rings. The van der Waals surface area contributed by atoms with Crippen LogP contribution in [0.5, 0.6) is 5.75 Å². The molecule has 132 valence electrons. The Morgan fingerprint density at radius 3 is 2.04 bits per heavy atom. The Bertz CT molecular complexity index is 907. The maximum atomic E-state index is 12.5. The summed E-state index contributed by atoms with van der Waals surface area (Å²) in [6, 6.07) is 23.3. The number of carbonyl (C=O) groups is 1. The van der Waals surface area contributed by atoms with E-state index in [4.69, 9.17) is 4.74 Å². The quantitative estimate of drug-likeness (QED) is 0.358. The van der Waals surface area contributed by atoms with Crippen LogP contribution in [0.4, 0.5) is 0 Å². The van der Waals surface area contributed by atoms with Crippen LogP contribution in [0.1, 0.15) is 36.7 Å². The molecule has 0 saturated carbocycles. The highest BCUT2D eigenvalue weighted by atomic mass is 79.9. The Labute approximate surface area is 163 Å². The Balaban J connectivity index is 1.76. The maximum Gasteiger partial charge on any atom is 0.343 e. The predicted molar refractivity (Wildman–Crippen MR) is 110 cm³/mol. The summed E-state index contributed by atoms with van der Waals surface area (Å²) < 4.78 is 6.34. The van der Waals surface area contributed by atoms with Crippen molar-refractivity contribution in [3.63, 3.8) is 0 Å². The minimum Gasteiger partial charge on any atom is -0.422 e. The third-order valence-corrected chi connectivity index (χ3v) is 4.85. The average Bonchev–Trinajstić information content (AvgIpc) is 2.63. The third kappa shape index (κ3) is 4.23. The van der Waals surface area contributed by atoms with E-state index < -0.39 is 0 Å². The van der Waals surface area contributed by atoms with Crippen molar-refractivity contribution in [3.8, 4) is 16.9 Å². The zero-order chi connectivity index (χ0) is 18.7. The van der Waals surface area contributed by atoms with Gasteiger partial charge in [-0.15, -0.1) is 0 Å². The molecule has 0 bridgehead atoms. The van der Waals surface area contributed by atoms with Crippen LogP contribution in [0.2, 0.25) is 0 Å². The molecule has 0 radical (unpaired) electrons. The number of carbonyl (C=O) groups excluding carboxylic acids is 1. The maximum absolute atomic E-state index is 12.5. The molecule has 0 aliphatic rings. The Morgan fingerprint density at radius 2 is 1.46 bits per heavy atom. The minimum atomic E-state index is -0.367. The van der Waals surface area contributed by atoms with E-state index >= 15 is 0 Å². The van der Waals surface area contributed by atoms with Gasteiger partial charge in [-0.05, 0) is 62.3 Å². The zero-order valence-corrected chi connectivity index (χ0v) is 16.7. The number of benzene rings is 3. The lowest BCUT2D eigenvalue weighted by Gasteiger charge is -2.20. The van der Waals surface area contributed by atoms with Gasteiger partial charge in [0.15, 0.2) is 0 Å². The number of esters is 1. The molecule has 0 aliphatic carbocycles. The highest BCUT2D eigenvalue weighted by molar-refractivity contribution is 9.10. The number of hydrogen-bond donors (Lipinski definition) is 0. The van der Waals surface area contributed by atoms with Gasteiger partial charge < -0.3 is 4.74 Å². The van der Waals surface area contributed by atoms with Gasteiger partial charge in [0.25, 0.3) is 0 Å². The van der Waals surface area contributed by atoms with E-state index in [0.717, 1.165) is 15.6 Å². The van der Waals surface area contributed by atoms with Gasteiger partial charge in [-0.1, -0.05) is 69.3 Å². The topological polar surface area (TPSA) is 26.3 Å². The van der Waals surface area contributed by atoms with E-state index in [-0.39, 0.29) is 11.4 Å². The number of rotatable bonds is 3. The van der Waals surface area contributed by atoms with Crippen molar-refractivity contribution in [1.29, 1.82) is 0 Å². The Hall–Kier alpha value is -2.39. The van der Waals surface area contributed by atoms with E-state index in [1.807, 2.05) is 60.7 Å². The highest BCUT2D eigenvalue weighted by Crippen LogP contribution is 2.32. The van der Waals surface area contributed by atoms with Crippen LogP contribution in [-0.2, 0) is 5.41 Å². The molecule has 3 heteroatoms. The first-order valence-electron chi connectivity index (χ1n) is 8.52. The molecular weight excluding hydrogens is 388 g/mol. The molecule has 0 atom stereocenters. The summed E-state index contributed by atoms with van der Waals surface area (Å²) >= 11 is 3.51. The Morgan fingerprint density at radius 1 is 0.846 bits per heavy atom. The van der Waals surface area contributed by atoms with E-state index in [1.54, 1.807) is 12.1 Å². The van der Waals surface area contributed by atoms with Gasteiger partial charge in [0.1, 0.15) is 5.75 Å². The van der Waals surface area contributed by atoms with E-state index in [2.05, 4.69) is 36.7 Å². The average molecular weight is 409 g/mol. The van der Waals surface area contributed by atoms with Crippen LogP contribution in [-0.4, -0.2) is 5.97 Å². The van der Waals surface area contributed by atoms with Crippen LogP contribution in [0.3, 0.4) is 0 Å². The highest BCUT2D eigenvalue weighted by Gasteiger charge is 2.17. The number of ether oxygens (including phenoxy) is 1. The van der Waals surface area contributed by atoms with Crippen molar-refractivity contribution < 1.29 is 9.53 Å². The van der Waals surface area contributed by atoms with Gasteiger partial charge in [-0.25, -0.2) is 4.79 Å². The summed E-state index contributed by atoms with van der Waals surface area (Å²) in [5.41, 5.74) is 3.93. The second kappa shape index (κ2) is 7.46. The lowest BCUT2D eigenvalue weighted by Crippen LogP contribution is -2.12. The van der Waals surface area contributed by atoms with Gasteiger partial charge >= 0.3 is 5.97 Å². The van der Waals surface area contributed by atoms with Crippen LogP contribution >= 0.6 is 15.9 Å². The Kier molecular flexibility index (Phi) is 5.28. The first-order valence-corrected chi connectivity index (χ1v) is 9.31. The largest absolute Gasteiger partial charge is 0.422 e. The van der Waals surface area contributed by atoms with Gasteiger partial charge in [0.2, 0.25) is 0 Å². The van der Waals surface area contributed by atoms with E-state index in [9.17, 15) is 4.79 Å². The molecule has 3 rings (SSSR count). The molecule has 2 nitrogen and oxygen atoms in total. The second-order valence-electron chi connectivity index (χ2n) is 7.23. The molecule has 26 heavy (non-hydrogen) atoms. The summed E-state index contributed by atoms with van der Waals surface area (Å²) in [5.74, 6) is 0.156. The van der Waals surface area contributed by atoms with Crippen molar-refractivity contribution in [3.05, 3.63) is 88.4 Å². The van der Waals surface area contributed by atoms with Crippen LogP contribution < -0.4 is 4.74 Å². The monoisotopic (exact) mass is 408 g/mol. The summed E-state index contributed by atoms with van der Waals surface area (Å²) in [5, 5.41) is 0. The fourth-order valence-electron chi connectivity index (χ4n) is 2.64. The third-order valence-electron chi connectivity index (χ3n) is 4.23. The van der Waals surface area contributed by atoms with Gasteiger partial charge in [-0.3, -0.25) is 0 Å². The molecule has 0 aliphatic heterocycles. The number of halogens is 1. The molecular formula is C23H21BrO2. The van der Waals surface area contributed by atoms with Crippen molar-refractivity contribution in [2.24, 2.45) is 0 Å².